The fraction of sp³-hybridized carbons (Fsp3) is 0.818. The highest BCUT2D eigenvalue weighted by Gasteiger charge is 2.68. The Bertz CT molecular complexity index is 653. The van der Waals surface area contributed by atoms with Crippen LogP contribution >= 0.6 is 0 Å². The molecular weight excluding hydrogens is 392 g/mol. The molecule has 0 amide bonds. The van der Waals surface area contributed by atoms with Crippen LogP contribution in [0.25, 0.3) is 0 Å². The Morgan fingerprint density at radius 2 is 1.13 bits per heavy atom. The van der Waals surface area contributed by atoms with Crippen molar-refractivity contribution in [3.8, 4) is 0 Å². The zero-order valence-corrected chi connectivity index (χ0v) is 18.7. The Labute approximate surface area is 177 Å². The Hall–Kier alpha value is -2.12. The maximum absolute atomic E-state index is 12.6. The van der Waals surface area contributed by atoms with E-state index in [1.165, 1.54) is 27.7 Å². The summed E-state index contributed by atoms with van der Waals surface area (Å²) in [6.07, 6.45) is 2.23. The summed E-state index contributed by atoms with van der Waals surface area (Å²) in [4.78, 5) is 50.2. The van der Waals surface area contributed by atoms with Crippen molar-refractivity contribution in [1.29, 1.82) is 0 Å². The number of hydrogen-bond donors (Lipinski definition) is 4. The van der Waals surface area contributed by atoms with Crippen molar-refractivity contribution in [1.82, 2.24) is 0 Å². The van der Waals surface area contributed by atoms with Gasteiger partial charge >= 0.3 is 23.9 Å². The Balaban J connectivity index is 4.08. The van der Waals surface area contributed by atoms with Gasteiger partial charge in [-0.25, -0.2) is 0 Å². The molecule has 4 unspecified atom stereocenters. The van der Waals surface area contributed by atoms with Crippen molar-refractivity contribution < 1.29 is 39.6 Å². The van der Waals surface area contributed by atoms with Crippen LogP contribution in [0.3, 0.4) is 0 Å². The predicted octanol–water partition coefficient (Wildman–Crippen LogP) is 3.69. The number of carboxylic acids is 4. The molecule has 0 bridgehead atoms. The molecule has 1 rings (SSSR count). The van der Waals surface area contributed by atoms with Crippen LogP contribution in [-0.4, -0.2) is 44.3 Å². The van der Waals surface area contributed by atoms with E-state index in [1.807, 2.05) is 6.92 Å². The highest BCUT2D eigenvalue weighted by atomic mass is 16.4. The van der Waals surface area contributed by atoms with Gasteiger partial charge in [0.15, 0.2) is 10.8 Å². The molecule has 1 saturated carbocycles. The van der Waals surface area contributed by atoms with Crippen molar-refractivity contribution in [2.45, 2.75) is 67.2 Å². The lowest BCUT2D eigenvalue weighted by molar-refractivity contribution is -0.202. The molecule has 4 N–H and O–H groups in total. The zero-order valence-electron chi connectivity index (χ0n) is 18.7. The third kappa shape index (κ3) is 3.69. The summed E-state index contributed by atoms with van der Waals surface area (Å²) in [5.74, 6) is -11.0. The SMILES string of the molecule is CCCC1CCC(C)C(C(C(=O)O)(C(=O)O)C(C)C)C1C(C(=O)O)(C(=O)O)C(C)C. The minimum absolute atomic E-state index is 0.400. The first-order valence-corrected chi connectivity index (χ1v) is 10.7. The van der Waals surface area contributed by atoms with Gasteiger partial charge in [-0.15, -0.1) is 0 Å². The molecular formula is C22H36O8. The Morgan fingerprint density at radius 1 is 0.767 bits per heavy atom. The summed E-state index contributed by atoms with van der Waals surface area (Å²) < 4.78 is 0. The van der Waals surface area contributed by atoms with E-state index < -0.39 is 70.2 Å². The minimum atomic E-state index is -2.29. The highest BCUT2D eigenvalue weighted by molar-refractivity contribution is 6.01. The van der Waals surface area contributed by atoms with Crippen molar-refractivity contribution >= 4 is 23.9 Å². The third-order valence-corrected chi connectivity index (χ3v) is 7.45. The number of aliphatic carboxylic acids is 4. The van der Waals surface area contributed by atoms with Crippen LogP contribution in [0.5, 0.6) is 0 Å². The molecule has 0 radical (unpaired) electrons. The molecule has 1 fully saturated rings. The second kappa shape index (κ2) is 9.35. The predicted molar refractivity (Wildman–Crippen MR) is 109 cm³/mol. The van der Waals surface area contributed by atoms with Crippen molar-refractivity contribution in [2.75, 3.05) is 0 Å². The second-order valence-electron chi connectivity index (χ2n) is 9.42. The van der Waals surface area contributed by atoms with E-state index in [0.717, 1.165) is 0 Å². The van der Waals surface area contributed by atoms with Crippen LogP contribution in [0.4, 0.5) is 0 Å². The van der Waals surface area contributed by atoms with Crippen molar-refractivity contribution in [3.63, 3.8) is 0 Å². The standard InChI is InChI=1S/C22H36O8/c1-7-8-14-10-9-13(6)15(21(11(2)3,17(23)24)18(25)26)16(14)22(12(4)5,19(27)28)20(29)30/h11-16H,7-10H2,1-6H3,(H,23,24)(H,25,26)(H,27,28)(H,29,30). The quantitative estimate of drug-likeness (QED) is 0.385. The molecule has 1 aliphatic carbocycles. The van der Waals surface area contributed by atoms with Gasteiger partial charge in [-0.3, -0.25) is 19.2 Å². The van der Waals surface area contributed by atoms with Crippen LogP contribution in [0.15, 0.2) is 0 Å². The van der Waals surface area contributed by atoms with E-state index in [0.29, 0.717) is 25.7 Å². The fourth-order valence-electron chi connectivity index (χ4n) is 6.08. The van der Waals surface area contributed by atoms with Crippen molar-refractivity contribution in [2.24, 2.45) is 46.3 Å². The average molecular weight is 429 g/mol. The molecule has 0 spiro atoms. The molecule has 0 aromatic rings. The summed E-state index contributed by atoms with van der Waals surface area (Å²) >= 11 is 0. The molecule has 0 aromatic heterocycles. The van der Waals surface area contributed by atoms with Crippen LogP contribution in [0.1, 0.15) is 67.2 Å². The minimum Gasteiger partial charge on any atom is -0.480 e. The summed E-state index contributed by atoms with van der Waals surface area (Å²) in [5.41, 5.74) is -4.58. The lowest BCUT2D eigenvalue weighted by Gasteiger charge is -2.55. The molecule has 0 aliphatic heterocycles. The summed E-state index contributed by atoms with van der Waals surface area (Å²) in [6.45, 7) is 9.60. The van der Waals surface area contributed by atoms with E-state index in [-0.39, 0.29) is 0 Å². The molecule has 4 atom stereocenters. The lowest BCUT2D eigenvalue weighted by Crippen LogP contribution is -2.63. The van der Waals surface area contributed by atoms with Gasteiger partial charge in [-0.1, -0.05) is 60.8 Å². The summed E-state index contributed by atoms with van der Waals surface area (Å²) in [6, 6.07) is 0. The van der Waals surface area contributed by atoms with Gasteiger partial charge in [-0.05, 0) is 41.9 Å². The molecule has 30 heavy (non-hydrogen) atoms. The van der Waals surface area contributed by atoms with Gasteiger partial charge in [0.1, 0.15) is 0 Å². The van der Waals surface area contributed by atoms with Gasteiger partial charge in [0.2, 0.25) is 0 Å². The molecule has 0 heterocycles. The topological polar surface area (TPSA) is 149 Å². The van der Waals surface area contributed by atoms with Crippen LogP contribution in [-0.2, 0) is 19.2 Å². The largest absolute Gasteiger partial charge is 0.480 e. The van der Waals surface area contributed by atoms with E-state index in [4.69, 9.17) is 0 Å². The van der Waals surface area contributed by atoms with Gasteiger partial charge in [0, 0.05) is 0 Å². The summed E-state index contributed by atoms with van der Waals surface area (Å²) in [5, 5.41) is 40.8. The van der Waals surface area contributed by atoms with Crippen LogP contribution in [0.2, 0.25) is 0 Å². The normalized spacial score (nSPS) is 25.3. The number of carboxylic acid groups (broad SMARTS) is 4. The maximum atomic E-state index is 12.6. The Morgan fingerprint density at radius 3 is 1.43 bits per heavy atom. The molecule has 8 nitrogen and oxygen atoms in total. The lowest BCUT2D eigenvalue weighted by atomic mass is 9.46. The molecule has 172 valence electrons. The summed E-state index contributed by atoms with van der Waals surface area (Å²) in [7, 11) is 0. The maximum Gasteiger partial charge on any atom is 0.321 e. The first-order chi connectivity index (χ1) is 13.7. The number of carbonyl (C=O) groups is 4. The van der Waals surface area contributed by atoms with Gasteiger partial charge in [-0.2, -0.15) is 0 Å². The number of rotatable bonds is 10. The molecule has 1 aliphatic rings. The smallest absolute Gasteiger partial charge is 0.321 e. The van der Waals surface area contributed by atoms with E-state index in [2.05, 4.69) is 0 Å². The Kier molecular flexibility index (Phi) is 8.08. The highest BCUT2D eigenvalue weighted by Crippen LogP contribution is 2.59. The monoisotopic (exact) mass is 428 g/mol. The first kappa shape index (κ1) is 25.9. The van der Waals surface area contributed by atoms with E-state index >= 15 is 0 Å². The molecule has 0 aromatic carbocycles. The average Bonchev–Trinajstić information content (AvgIpc) is 2.58. The first-order valence-electron chi connectivity index (χ1n) is 10.7. The second-order valence-corrected chi connectivity index (χ2v) is 9.42. The number of hydrogen-bond acceptors (Lipinski definition) is 4. The molecule has 8 heteroatoms. The zero-order chi connectivity index (χ0) is 23.6. The van der Waals surface area contributed by atoms with Crippen molar-refractivity contribution in [3.05, 3.63) is 0 Å². The van der Waals surface area contributed by atoms with Crippen LogP contribution < -0.4 is 0 Å². The van der Waals surface area contributed by atoms with Gasteiger partial charge in [0.25, 0.3) is 0 Å². The van der Waals surface area contributed by atoms with Gasteiger partial charge in [0.05, 0.1) is 0 Å². The fourth-order valence-corrected chi connectivity index (χ4v) is 6.08. The van der Waals surface area contributed by atoms with Gasteiger partial charge < -0.3 is 20.4 Å². The third-order valence-electron chi connectivity index (χ3n) is 7.45. The van der Waals surface area contributed by atoms with Crippen LogP contribution in [0, 0.1) is 46.3 Å². The van der Waals surface area contributed by atoms with E-state index in [1.54, 1.807) is 6.92 Å². The molecule has 0 saturated heterocycles. The van der Waals surface area contributed by atoms with E-state index in [9.17, 15) is 39.6 Å².